The minimum atomic E-state index is -0.805. The first kappa shape index (κ1) is 21.2. The highest BCUT2D eigenvalue weighted by atomic mass is 32.1. The van der Waals surface area contributed by atoms with E-state index < -0.39 is 18.0 Å². The summed E-state index contributed by atoms with van der Waals surface area (Å²) in [6.45, 7) is 1.75. The van der Waals surface area contributed by atoms with Crippen molar-refractivity contribution in [2.75, 3.05) is 14.2 Å². The average molecular weight is 403 g/mol. The molecule has 1 heterocycles. The zero-order chi connectivity index (χ0) is 20.5. The number of hydrogen-bond acceptors (Lipinski definition) is 8. The van der Waals surface area contributed by atoms with E-state index in [4.69, 9.17) is 17.0 Å². The molecule has 0 aliphatic carbocycles. The standard InChI is InChI=1S/C18H21N5O4S/c1-11(15-10-19-12-6-4-5-7-13(12)20-15)22-23-18(28)21-14(17(25)27-3)8-9-16(24)26-2/h4-7,10,14H,8-9H2,1-3H3,(H2,21,23,28). The molecule has 2 N–H and O–H groups in total. The number of nitrogens with zero attached hydrogens (tertiary/aromatic N) is 3. The fraction of sp³-hybridized carbons (Fsp3) is 0.333. The summed E-state index contributed by atoms with van der Waals surface area (Å²) in [6.07, 6.45) is 1.83. The molecule has 148 valence electrons. The molecule has 0 bridgehead atoms. The van der Waals surface area contributed by atoms with Crippen LogP contribution in [0.5, 0.6) is 0 Å². The number of esters is 2. The number of nitrogens with one attached hydrogen (secondary N) is 2. The molecule has 28 heavy (non-hydrogen) atoms. The molecule has 1 aromatic carbocycles. The summed E-state index contributed by atoms with van der Waals surface area (Å²) >= 11 is 5.16. The molecule has 0 saturated heterocycles. The third-order valence-electron chi connectivity index (χ3n) is 3.80. The summed E-state index contributed by atoms with van der Waals surface area (Å²) in [5.74, 6) is -0.979. The topological polar surface area (TPSA) is 115 Å². The van der Waals surface area contributed by atoms with Crippen LogP contribution in [0.3, 0.4) is 0 Å². The highest BCUT2D eigenvalue weighted by Gasteiger charge is 2.21. The molecule has 1 unspecified atom stereocenters. The van der Waals surface area contributed by atoms with Gasteiger partial charge in [-0.25, -0.2) is 9.78 Å². The van der Waals surface area contributed by atoms with Gasteiger partial charge in [0.2, 0.25) is 0 Å². The molecule has 1 aromatic heterocycles. The Bertz CT molecular complexity index is 902. The summed E-state index contributed by atoms with van der Waals surface area (Å²) in [7, 11) is 2.54. The third-order valence-corrected chi connectivity index (χ3v) is 4.01. The Morgan fingerprint density at radius 2 is 1.93 bits per heavy atom. The molecule has 0 spiro atoms. The van der Waals surface area contributed by atoms with Gasteiger partial charge in [-0.2, -0.15) is 5.10 Å². The van der Waals surface area contributed by atoms with Crippen molar-refractivity contribution in [2.45, 2.75) is 25.8 Å². The minimum Gasteiger partial charge on any atom is -0.469 e. The number of ether oxygens (including phenoxy) is 2. The number of hydrogen-bond donors (Lipinski definition) is 2. The van der Waals surface area contributed by atoms with Gasteiger partial charge in [-0.15, -0.1) is 0 Å². The maximum Gasteiger partial charge on any atom is 0.328 e. The summed E-state index contributed by atoms with van der Waals surface area (Å²) in [6, 6.07) is 6.70. The first-order valence-corrected chi connectivity index (χ1v) is 8.83. The third kappa shape index (κ3) is 5.95. The van der Waals surface area contributed by atoms with Crippen LogP contribution in [0.15, 0.2) is 35.6 Å². The lowest BCUT2D eigenvalue weighted by molar-refractivity contribution is -0.144. The smallest absolute Gasteiger partial charge is 0.328 e. The van der Waals surface area contributed by atoms with Gasteiger partial charge in [-0.1, -0.05) is 12.1 Å². The molecular weight excluding hydrogens is 382 g/mol. The first-order valence-electron chi connectivity index (χ1n) is 8.42. The second-order valence-corrected chi connectivity index (χ2v) is 6.13. The Balaban J connectivity index is 2.00. The highest BCUT2D eigenvalue weighted by Crippen LogP contribution is 2.09. The minimum absolute atomic E-state index is 0.0425. The Labute approximate surface area is 167 Å². The number of benzene rings is 1. The van der Waals surface area contributed by atoms with E-state index in [0.717, 1.165) is 11.0 Å². The number of carbonyl (C=O) groups is 2. The Kier molecular flexibility index (Phi) is 7.76. The van der Waals surface area contributed by atoms with Crippen molar-refractivity contribution in [1.29, 1.82) is 0 Å². The highest BCUT2D eigenvalue weighted by molar-refractivity contribution is 7.80. The molecule has 0 aliphatic heterocycles. The summed E-state index contributed by atoms with van der Waals surface area (Å²) in [5, 5.41) is 7.05. The normalized spacial score (nSPS) is 12.2. The fourth-order valence-corrected chi connectivity index (χ4v) is 2.46. The summed E-state index contributed by atoms with van der Waals surface area (Å²) in [5.41, 5.74) is 5.35. The van der Waals surface area contributed by atoms with Crippen molar-refractivity contribution >= 4 is 46.0 Å². The van der Waals surface area contributed by atoms with E-state index in [1.165, 1.54) is 14.2 Å². The van der Waals surface area contributed by atoms with Gasteiger partial charge < -0.3 is 14.8 Å². The van der Waals surface area contributed by atoms with Crippen LogP contribution in [0.4, 0.5) is 0 Å². The van der Waals surface area contributed by atoms with Crippen molar-refractivity contribution in [3.05, 3.63) is 36.2 Å². The van der Waals surface area contributed by atoms with Gasteiger partial charge in [-0.3, -0.25) is 15.2 Å². The molecule has 0 saturated carbocycles. The predicted octanol–water partition coefficient (Wildman–Crippen LogP) is 1.31. The van der Waals surface area contributed by atoms with Crippen LogP contribution < -0.4 is 10.7 Å². The molecule has 0 aliphatic rings. The molecule has 9 nitrogen and oxygen atoms in total. The largest absolute Gasteiger partial charge is 0.469 e. The van der Waals surface area contributed by atoms with Crippen molar-refractivity contribution < 1.29 is 19.1 Å². The van der Waals surface area contributed by atoms with Gasteiger partial charge in [-0.05, 0) is 37.7 Å². The summed E-state index contributed by atoms with van der Waals surface area (Å²) in [4.78, 5) is 32.0. The van der Waals surface area contributed by atoms with Gasteiger partial charge in [0.15, 0.2) is 5.11 Å². The van der Waals surface area contributed by atoms with E-state index in [0.29, 0.717) is 11.4 Å². The Hall–Kier alpha value is -3.14. The van der Waals surface area contributed by atoms with Gasteiger partial charge in [0.1, 0.15) is 11.7 Å². The Morgan fingerprint density at radius 1 is 1.21 bits per heavy atom. The van der Waals surface area contributed by atoms with E-state index >= 15 is 0 Å². The van der Waals surface area contributed by atoms with Crippen LogP contribution in [-0.4, -0.2) is 53.0 Å². The lowest BCUT2D eigenvalue weighted by Crippen LogP contribution is -2.45. The fourth-order valence-electron chi connectivity index (χ4n) is 2.27. The SMILES string of the molecule is COC(=O)CCC(NC(=S)NN=C(C)c1cnc2ccccc2n1)C(=O)OC. The van der Waals surface area contributed by atoms with Crippen molar-refractivity contribution in [3.63, 3.8) is 0 Å². The van der Waals surface area contributed by atoms with Gasteiger partial charge in [0, 0.05) is 6.42 Å². The zero-order valence-corrected chi connectivity index (χ0v) is 16.6. The molecule has 10 heteroatoms. The number of para-hydroxylation sites is 2. The number of carbonyl (C=O) groups excluding carboxylic acids is 2. The second kappa shape index (κ2) is 10.3. The number of thiocarbonyl (C=S) groups is 1. The molecule has 2 aromatic rings. The van der Waals surface area contributed by atoms with E-state index in [1.54, 1.807) is 13.1 Å². The number of aromatic nitrogens is 2. The predicted molar refractivity (Wildman–Crippen MR) is 108 cm³/mol. The molecular formula is C18H21N5O4S. The monoisotopic (exact) mass is 403 g/mol. The number of hydrazone groups is 1. The number of methoxy groups -OCH3 is 2. The summed E-state index contributed by atoms with van der Waals surface area (Å²) < 4.78 is 9.30. The molecule has 1 atom stereocenters. The first-order chi connectivity index (χ1) is 13.4. The number of rotatable bonds is 7. The van der Waals surface area contributed by atoms with E-state index in [-0.39, 0.29) is 18.0 Å². The van der Waals surface area contributed by atoms with Gasteiger partial charge >= 0.3 is 11.9 Å². The van der Waals surface area contributed by atoms with Crippen molar-refractivity contribution in [2.24, 2.45) is 5.10 Å². The number of fused-ring (bicyclic) bond motifs is 1. The van der Waals surface area contributed by atoms with E-state index in [1.807, 2.05) is 24.3 Å². The van der Waals surface area contributed by atoms with Crippen molar-refractivity contribution in [3.8, 4) is 0 Å². The zero-order valence-electron chi connectivity index (χ0n) is 15.8. The van der Waals surface area contributed by atoms with E-state index in [2.05, 4.69) is 30.5 Å². The van der Waals surface area contributed by atoms with Crippen molar-refractivity contribution in [1.82, 2.24) is 20.7 Å². The van der Waals surface area contributed by atoms with Gasteiger partial charge in [0.25, 0.3) is 0 Å². The van der Waals surface area contributed by atoms with Crippen LogP contribution in [0, 0.1) is 0 Å². The van der Waals surface area contributed by atoms with Crippen LogP contribution in [0.25, 0.3) is 11.0 Å². The van der Waals surface area contributed by atoms with Crippen LogP contribution in [0.1, 0.15) is 25.5 Å². The second-order valence-electron chi connectivity index (χ2n) is 5.72. The average Bonchev–Trinajstić information content (AvgIpc) is 2.73. The van der Waals surface area contributed by atoms with Crippen LogP contribution in [0.2, 0.25) is 0 Å². The quantitative estimate of drug-likeness (QED) is 0.306. The van der Waals surface area contributed by atoms with E-state index in [9.17, 15) is 9.59 Å². The lowest BCUT2D eigenvalue weighted by Gasteiger charge is -2.17. The molecule has 2 rings (SSSR count). The maximum absolute atomic E-state index is 11.9. The van der Waals surface area contributed by atoms with Crippen LogP contribution in [-0.2, 0) is 19.1 Å². The Morgan fingerprint density at radius 3 is 2.61 bits per heavy atom. The molecule has 0 fully saturated rings. The van der Waals surface area contributed by atoms with Gasteiger partial charge in [0.05, 0.1) is 37.2 Å². The molecule has 0 amide bonds. The molecule has 0 radical (unpaired) electrons. The van der Waals surface area contributed by atoms with Crippen LogP contribution >= 0.6 is 12.2 Å². The lowest BCUT2D eigenvalue weighted by atomic mass is 10.1. The maximum atomic E-state index is 11.9.